The summed E-state index contributed by atoms with van der Waals surface area (Å²) in [5.74, 6) is 0. The summed E-state index contributed by atoms with van der Waals surface area (Å²) >= 11 is 14.0. The Morgan fingerprint density at radius 3 is 2.69 bits per heavy atom. The third kappa shape index (κ3) is 1.75. The average molecular weight is 324 g/mol. The van der Waals surface area contributed by atoms with Crippen molar-refractivity contribution in [2.24, 2.45) is 0 Å². The number of rotatable bonds is 0. The molecule has 0 aliphatic rings. The van der Waals surface area contributed by atoms with Crippen molar-refractivity contribution < 1.29 is 0 Å². The number of nitrogens with zero attached hydrogens (tertiary/aromatic N) is 1. The zero-order valence-corrected chi connectivity index (χ0v) is 10.1. The topological polar surface area (TPSA) is 12.9 Å². The second-order valence-electron chi connectivity index (χ2n) is 2.57. The molecule has 0 N–H and O–H groups in total. The quantitative estimate of drug-likeness (QED) is 0.524. The van der Waals surface area contributed by atoms with Crippen LogP contribution in [0.3, 0.4) is 0 Å². The van der Waals surface area contributed by atoms with Crippen LogP contribution in [-0.4, -0.2) is 4.98 Å². The molecule has 0 radical (unpaired) electrons. The van der Waals surface area contributed by atoms with Gasteiger partial charge in [-0.25, -0.2) is 4.98 Å². The van der Waals surface area contributed by atoms with Gasteiger partial charge in [0.15, 0.2) is 0 Å². The van der Waals surface area contributed by atoms with Gasteiger partial charge in [0.1, 0.15) is 10.3 Å². The van der Waals surface area contributed by atoms with Crippen molar-refractivity contribution in [1.29, 1.82) is 0 Å². The third-order valence-corrected chi connectivity index (χ3v) is 3.17. The van der Waals surface area contributed by atoms with Crippen LogP contribution in [0, 0.1) is 3.57 Å². The standard InChI is InChI=1S/C9H4Cl2IN/c10-8-4-6-5(9(11)13-8)2-1-3-7(6)12/h1-4H. The van der Waals surface area contributed by atoms with Crippen LogP contribution >= 0.6 is 45.8 Å². The molecule has 0 bridgehead atoms. The predicted molar refractivity (Wildman–Crippen MR) is 64.5 cm³/mol. The van der Waals surface area contributed by atoms with Gasteiger partial charge in [0.2, 0.25) is 0 Å². The van der Waals surface area contributed by atoms with E-state index in [0.29, 0.717) is 10.3 Å². The number of pyridine rings is 1. The van der Waals surface area contributed by atoms with Gasteiger partial charge < -0.3 is 0 Å². The van der Waals surface area contributed by atoms with Crippen molar-refractivity contribution in [1.82, 2.24) is 4.98 Å². The van der Waals surface area contributed by atoms with Crippen molar-refractivity contribution in [2.45, 2.75) is 0 Å². The molecular weight excluding hydrogens is 320 g/mol. The van der Waals surface area contributed by atoms with Crippen LogP contribution < -0.4 is 0 Å². The van der Waals surface area contributed by atoms with E-state index in [4.69, 9.17) is 23.2 Å². The molecule has 1 aromatic heterocycles. The molecule has 13 heavy (non-hydrogen) atoms. The molecule has 2 rings (SSSR count). The maximum absolute atomic E-state index is 5.94. The highest BCUT2D eigenvalue weighted by Crippen LogP contribution is 2.27. The van der Waals surface area contributed by atoms with E-state index in [1.807, 2.05) is 24.3 Å². The lowest BCUT2D eigenvalue weighted by atomic mass is 10.2. The predicted octanol–water partition coefficient (Wildman–Crippen LogP) is 4.15. The number of fused-ring (bicyclic) bond motifs is 1. The maximum atomic E-state index is 5.94. The monoisotopic (exact) mass is 323 g/mol. The van der Waals surface area contributed by atoms with Crippen LogP contribution in [0.1, 0.15) is 0 Å². The van der Waals surface area contributed by atoms with Crippen molar-refractivity contribution in [2.75, 3.05) is 0 Å². The number of aromatic nitrogens is 1. The zero-order valence-electron chi connectivity index (χ0n) is 6.39. The Labute approximate surface area is 99.2 Å². The fraction of sp³-hybridized carbons (Fsp3) is 0. The van der Waals surface area contributed by atoms with E-state index in [0.717, 1.165) is 14.3 Å². The minimum absolute atomic E-state index is 0.432. The van der Waals surface area contributed by atoms with Crippen molar-refractivity contribution in [3.63, 3.8) is 0 Å². The second-order valence-corrected chi connectivity index (χ2v) is 4.48. The van der Waals surface area contributed by atoms with Gasteiger partial charge in [-0.15, -0.1) is 0 Å². The fourth-order valence-corrected chi connectivity index (χ4v) is 2.32. The normalized spacial score (nSPS) is 10.7. The van der Waals surface area contributed by atoms with Gasteiger partial charge in [-0.2, -0.15) is 0 Å². The van der Waals surface area contributed by atoms with E-state index in [1.54, 1.807) is 0 Å². The molecule has 0 spiro atoms. The van der Waals surface area contributed by atoms with Crippen LogP contribution in [0.15, 0.2) is 24.3 Å². The molecule has 1 aromatic carbocycles. The molecule has 0 fully saturated rings. The second kappa shape index (κ2) is 3.59. The lowest BCUT2D eigenvalue weighted by Gasteiger charge is -2.02. The molecule has 0 atom stereocenters. The number of hydrogen-bond donors (Lipinski definition) is 0. The summed E-state index contributed by atoms with van der Waals surface area (Å²) in [6.45, 7) is 0. The van der Waals surface area contributed by atoms with Gasteiger partial charge in [0.25, 0.3) is 0 Å². The summed E-state index contributed by atoms with van der Waals surface area (Å²) in [6, 6.07) is 7.72. The summed E-state index contributed by atoms with van der Waals surface area (Å²) in [7, 11) is 0. The van der Waals surface area contributed by atoms with E-state index >= 15 is 0 Å². The summed E-state index contributed by atoms with van der Waals surface area (Å²) in [4.78, 5) is 3.97. The first kappa shape index (κ1) is 9.49. The Hall–Kier alpha value is -0.0600. The zero-order chi connectivity index (χ0) is 9.42. The largest absolute Gasteiger partial charge is 0.224 e. The molecule has 1 heterocycles. The van der Waals surface area contributed by atoms with Gasteiger partial charge in [-0.05, 0) is 34.7 Å². The Morgan fingerprint density at radius 2 is 1.92 bits per heavy atom. The maximum Gasteiger partial charge on any atom is 0.138 e. The van der Waals surface area contributed by atoms with Crippen molar-refractivity contribution >= 4 is 56.6 Å². The highest BCUT2D eigenvalue weighted by Gasteiger charge is 2.04. The molecule has 0 saturated carbocycles. The number of halogens is 3. The van der Waals surface area contributed by atoms with Gasteiger partial charge in [0.05, 0.1) is 0 Å². The molecule has 1 nitrogen and oxygen atoms in total. The summed E-state index contributed by atoms with van der Waals surface area (Å²) < 4.78 is 1.13. The SMILES string of the molecule is Clc1cc2c(I)cccc2c(Cl)n1. The van der Waals surface area contributed by atoms with Crippen LogP contribution in [0.4, 0.5) is 0 Å². The lowest BCUT2D eigenvalue weighted by molar-refractivity contribution is 1.36. The van der Waals surface area contributed by atoms with E-state index in [-0.39, 0.29) is 0 Å². The minimum atomic E-state index is 0.432. The first-order valence-corrected chi connectivity index (χ1v) is 5.42. The van der Waals surface area contributed by atoms with Gasteiger partial charge in [-0.3, -0.25) is 0 Å². The van der Waals surface area contributed by atoms with Crippen LogP contribution in [-0.2, 0) is 0 Å². The molecule has 0 aliphatic heterocycles. The molecular formula is C9H4Cl2IN. The average Bonchev–Trinajstić information content (AvgIpc) is 2.07. The highest BCUT2D eigenvalue weighted by molar-refractivity contribution is 14.1. The van der Waals surface area contributed by atoms with E-state index in [2.05, 4.69) is 27.6 Å². The fourth-order valence-electron chi connectivity index (χ4n) is 1.17. The Kier molecular flexibility index (Phi) is 2.62. The molecule has 2 aromatic rings. The van der Waals surface area contributed by atoms with Gasteiger partial charge >= 0.3 is 0 Å². The third-order valence-electron chi connectivity index (χ3n) is 1.74. The van der Waals surface area contributed by atoms with E-state index in [1.165, 1.54) is 0 Å². The van der Waals surface area contributed by atoms with Crippen molar-refractivity contribution in [3.8, 4) is 0 Å². The smallest absolute Gasteiger partial charge is 0.138 e. The van der Waals surface area contributed by atoms with Gasteiger partial charge in [0, 0.05) is 14.3 Å². The van der Waals surface area contributed by atoms with E-state index in [9.17, 15) is 0 Å². The molecule has 0 unspecified atom stereocenters. The Morgan fingerprint density at radius 1 is 1.15 bits per heavy atom. The summed E-state index contributed by atoms with van der Waals surface area (Å²) in [5, 5.41) is 2.88. The Bertz CT molecular complexity index is 470. The molecule has 0 amide bonds. The van der Waals surface area contributed by atoms with Crippen molar-refractivity contribution in [3.05, 3.63) is 38.1 Å². The number of benzene rings is 1. The first-order valence-electron chi connectivity index (χ1n) is 3.59. The molecule has 0 saturated heterocycles. The van der Waals surface area contributed by atoms with Crippen LogP contribution in [0.5, 0.6) is 0 Å². The van der Waals surface area contributed by atoms with Crippen LogP contribution in [0.2, 0.25) is 10.3 Å². The van der Waals surface area contributed by atoms with Gasteiger partial charge in [-0.1, -0.05) is 35.3 Å². The first-order chi connectivity index (χ1) is 6.18. The lowest BCUT2D eigenvalue weighted by Crippen LogP contribution is -1.83. The molecule has 0 aliphatic carbocycles. The van der Waals surface area contributed by atoms with Crippen LogP contribution in [0.25, 0.3) is 10.8 Å². The summed E-state index contributed by atoms with van der Waals surface area (Å²) in [5.41, 5.74) is 0. The highest BCUT2D eigenvalue weighted by atomic mass is 127. The summed E-state index contributed by atoms with van der Waals surface area (Å²) in [6.07, 6.45) is 0. The molecule has 4 heteroatoms. The minimum Gasteiger partial charge on any atom is -0.224 e. The Balaban J connectivity index is 2.94. The molecule has 66 valence electrons. The van der Waals surface area contributed by atoms with E-state index < -0.39 is 0 Å². The number of hydrogen-bond acceptors (Lipinski definition) is 1.